The average Bonchev–Trinajstić information content (AvgIpc) is 2.14. The number of ether oxygens (including phenoxy) is 2. The first kappa shape index (κ1) is 14.1. The van der Waals surface area contributed by atoms with Gasteiger partial charge in [0.25, 0.3) is 0 Å². The summed E-state index contributed by atoms with van der Waals surface area (Å²) in [4.78, 5) is 22.4. The minimum absolute atomic E-state index is 0.211. The van der Waals surface area contributed by atoms with Crippen LogP contribution in [0.2, 0.25) is 0 Å². The van der Waals surface area contributed by atoms with Crippen LogP contribution in [0.25, 0.3) is 0 Å². The third-order valence-corrected chi connectivity index (χ3v) is 2.12. The van der Waals surface area contributed by atoms with E-state index in [1.54, 1.807) is 13.8 Å². The van der Waals surface area contributed by atoms with Crippen LogP contribution in [0.5, 0.6) is 0 Å². The van der Waals surface area contributed by atoms with Crippen LogP contribution >= 0.6 is 11.8 Å². The molecule has 0 bridgehead atoms. The molecule has 0 radical (unpaired) electrons. The largest absolute Gasteiger partial charge is 0.467 e. The SMILES string of the molecule is COC(=O)[C@H](CSC)NC(=O)OC(C)C. The summed E-state index contributed by atoms with van der Waals surface area (Å²) < 4.78 is 9.40. The van der Waals surface area contributed by atoms with E-state index < -0.39 is 18.1 Å². The van der Waals surface area contributed by atoms with Crippen molar-refractivity contribution in [3.05, 3.63) is 0 Å². The highest BCUT2D eigenvalue weighted by molar-refractivity contribution is 7.98. The Balaban J connectivity index is 4.15. The Morgan fingerprint density at radius 2 is 2.00 bits per heavy atom. The first-order valence-corrected chi connectivity index (χ1v) is 5.94. The third-order valence-electron chi connectivity index (χ3n) is 1.45. The summed E-state index contributed by atoms with van der Waals surface area (Å²) in [5.74, 6) is -0.00934. The molecule has 6 heteroatoms. The van der Waals surface area contributed by atoms with Crippen LogP contribution in [0.4, 0.5) is 4.79 Å². The van der Waals surface area contributed by atoms with E-state index in [2.05, 4.69) is 10.1 Å². The number of rotatable bonds is 5. The normalized spacial score (nSPS) is 12.1. The smallest absolute Gasteiger partial charge is 0.408 e. The second-order valence-electron chi connectivity index (χ2n) is 3.13. The van der Waals surface area contributed by atoms with Crippen molar-refractivity contribution >= 4 is 23.8 Å². The predicted octanol–water partition coefficient (Wildman–Crippen LogP) is 1.03. The Kier molecular flexibility index (Phi) is 6.94. The van der Waals surface area contributed by atoms with Crippen LogP contribution in [0.1, 0.15) is 13.8 Å². The van der Waals surface area contributed by atoms with Crippen molar-refractivity contribution in [1.29, 1.82) is 0 Å². The monoisotopic (exact) mass is 235 g/mol. The second-order valence-corrected chi connectivity index (χ2v) is 4.04. The van der Waals surface area contributed by atoms with Crippen LogP contribution in [-0.4, -0.2) is 43.3 Å². The molecule has 0 saturated heterocycles. The van der Waals surface area contributed by atoms with E-state index in [0.29, 0.717) is 5.75 Å². The first-order valence-electron chi connectivity index (χ1n) is 4.55. The molecule has 5 nitrogen and oxygen atoms in total. The summed E-state index contributed by atoms with van der Waals surface area (Å²) in [6, 6.07) is -0.656. The van der Waals surface area contributed by atoms with Gasteiger partial charge in [0.05, 0.1) is 13.2 Å². The Bertz CT molecular complexity index is 220. The molecule has 0 aliphatic heterocycles. The van der Waals surface area contributed by atoms with Crippen molar-refractivity contribution in [2.75, 3.05) is 19.1 Å². The van der Waals surface area contributed by atoms with Gasteiger partial charge in [-0.25, -0.2) is 9.59 Å². The van der Waals surface area contributed by atoms with E-state index in [0.717, 1.165) is 0 Å². The lowest BCUT2D eigenvalue weighted by Gasteiger charge is -2.16. The number of hydrogen-bond donors (Lipinski definition) is 1. The van der Waals surface area contributed by atoms with E-state index in [4.69, 9.17) is 4.74 Å². The van der Waals surface area contributed by atoms with Crippen LogP contribution in [0.3, 0.4) is 0 Å². The van der Waals surface area contributed by atoms with Gasteiger partial charge in [0, 0.05) is 5.75 Å². The number of alkyl carbamates (subject to hydrolysis) is 1. The van der Waals surface area contributed by atoms with Crippen molar-refractivity contribution in [3.8, 4) is 0 Å². The summed E-state index contributed by atoms with van der Waals surface area (Å²) in [6.45, 7) is 3.47. The van der Waals surface area contributed by atoms with Crippen LogP contribution in [-0.2, 0) is 14.3 Å². The van der Waals surface area contributed by atoms with Gasteiger partial charge in [-0.2, -0.15) is 11.8 Å². The number of thioether (sulfide) groups is 1. The maximum absolute atomic E-state index is 11.2. The molecule has 0 aromatic carbocycles. The Hall–Kier alpha value is -0.910. The fourth-order valence-electron chi connectivity index (χ4n) is 0.868. The van der Waals surface area contributed by atoms with Gasteiger partial charge < -0.3 is 14.8 Å². The van der Waals surface area contributed by atoms with Crippen LogP contribution in [0, 0.1) is 0 Å². The number of amides is 1. The lowest BCUT2D eigenvalue weighted by Crippen LogP contribution is -2.44. The highest BCUT2D eigenvalue weighted by Gasteiger charge is 2.21. The molecular formula is C9H17NO4S. The zero-order chi connectivity index (χ0) is 11.8. The molecule has 0 aliphatic rings. The molecular weight excluding hydrogens is 218 g/mol. The Morgan fingerprint density at radius 1 is 1.40 bits per heavy atom. The highest BCUT2D eigenvalue weighted by Crippen LogP contribution is 2.00. The quantitative estimate of drug-likeness (QED) is 0.721. The van der Waals surface area contributed by atoms with Crippen molar-refractivity contribution < 1.29 is 19.1 Å². The summed E-state index contributed by atoms with van der Waals surface area (Å²) in [5.41, 5.74) is 0. The number of nitrogens with one attached hydrogen (secondary N) is 1. The average molecular weight is 235 g/mol. The molecule has 1 amide bonds. The predicted molar refractivity (Wildman–Crippen MR) is 58.9 cm³/mol. The minimum Gasteiger partial charge on any atom is -0.467 e. The van der Waals surface area contributed by atoms with Crippen LogP contribution in [0.15, 0.2) is 0 Å². The topological polar surface area (TPSA) is 64.6 Å². The van der Waals surface area contributed by atoms with Gasteiger partial charge >= 0.3 is 12.1 Å². The van der Waals surface area contributed by atoms with Crippen molar-refractivity contribution in [2.45, 2.75) is 26.0 Å². The molecule has 0 unspecified atom stereocenters. The van der Waals surface area contributed by atoms with Gasteiger partial charge in [0.15, 0.2) is 0 Å². The fraction of sp³-hybridized carbons (Fsp3) is 0.778. The maximum atomic E-state index is 11.2. The lowest BCUT2D eigenvalue weighted by atomic mass is 10.3. The number of carbonyl (C=O) groups is 2. The number of esters is 1. The van der Waals surface area contributed by atoms with E-state index in [9.17, 15) is 9.59 Å². The third kappa shape index (κ3) is 6.22. The minimum atomic E-state index is -0.656. The summed E-state index contributed by atoms with van der Waals surface area (Å²) >= 11 is 1.44. The summed E-state index contributed by atoms with van der Waals surface area (Å²) in [6.07, 6.45) is 1.03. The van der Waals surface area contributed by atoms with Crippen molar-refractivity contribution in [3.63, 3.8) is 0 Å². The summed E-state index contributed by atoms with van der Waals surface area (Å²) in [5, 5.41) is 2.44. The lowest BCUT2D eigenvalue weighted by molar-refractivity contribution is -0.142. The molecule has 0 saturated carbocycles. The Labute approximate surface area is 93.9 Å². The van der Waals surface area contributed by atoms with Crippen LogP contribution < -0.4 is 5.32 Å². The van der Waals surface area contributed by atoms with Gasteiger partial charge in [-0.1, -0.05) is 0 Å². The zero-order valence-electron chi connectivity index (χ0n) is 9.40. The molecule has 0 aromatic heterocycles. The molecule has 0 rings (SSSR count). The van der Waals surface area contributed by atoms with Gasteiger partial charge in [-0.15, -0.1) is 0 Å². The summed E-state index contributed by atoms with van der Waals surface area (Å²) in [7, 11) is 1.28. The van der Waals surface area contributed by atoms with Crippen molar-refractivity contribution in [2.24, 2.45) is 0 Å². The highest BCUT2D eigenvalue weighted by atomic mass is 32.2. The van der Waals surface area contributed by atoms with E-state index in [1.807, 2.05) is 6.26 Å². The fourth-order valence-corrected chi connectivity index (χ4v) is 1.42. The van der Waals surface area contributed by atoms with E-state index >= 15 is 0 Å². The molecule has 0 fully saturated rings. The Morgan fingerprint density at radius 3 is 2.40 bits per heavy atom. The van der Waals surface area contributed by atoms with E-state index in [1.165, 1.54) is 18.9 Å². The molecule has 0 aliphatic carbocycles. The van der Waals surface area contributed by atoms with Gasteiger partial charge in [0.2, 0.25) is 0 Å². The second kappa shape index (κ2) is 7.39. The molecule has 0 spiro atoms. The molecule has 0 aromatic rings. The van der Waals surface area contributed by atoms with Crippen molar-refractivity contribution in [1.82, 2.24) is 5.32 Å². The number of methoxy groups -OCH3 is 1. The van der Waals surface area contributed by atoms with Gasteiger partial charge in [-0.3, -0.25) is 0 Å². The number of carbonyl (C=O) groups excluding carboxylic acids is 2. The maximum Gasteiger partial charge on any atom is 0.408 e. The van der Waals surface area contributed by atoms with Gasteiger partial charge in [0.1, 0.15) is 6.04 Å². The molecule has 1 atom stereocenters. The standard InChI is InChI=1S/C9H17NO4S/c1-6(2)14-9(12)10-7(5-15-4)8(11)13-3/h6-7H,5H2,1-4H3,(H,10,12)/t7-/m0/s1. The zero-order valence-corrected chi connectivity index (χ0v) is 10.2. The van der Waals surface area contributed by atoms with E-state index in [-0.39, 0.29) is 6.10 Å². The molecule has 0 heterocycles. The number of hydrogen-bond acceptors (Lipinski definition) is 5. The molecule has 15 heavy (non-hydrogen) atoms. The van der Waals surface area contributed by atoms with Gasteiger partial charge in [-0.05, 0) is 20.1 Å². The molecule has 88 valence electrons. The first-order chi connectivity index (χ1) is 7.01. The molecule has 1 N–H and O–H groups in total.